The Hall–Kier alpha value is -2.00. The summed E-state index contributed by atoms with van der Waals surface area (Å²) in [6.07, 6.45) is 10.7. The van der Waals surface area contributed by atoms with Crippen LogP contribution in [0.25, 0.3) is 0 Å². The number of benzene rings is 2. The van der Waals surface area contributed by atoms with Gasteiger partial charge in [0, 0.05) is 0 Å². The van der Waals surface area contributed by atoms with E-state index in [4.69, 9.17) is 4.74 Å². The van der Waals surface area contributed by atoms with Gasteiger partial charge in [0.25, 0.3) is 0 Å². The van der Waals surface area contributed by atoms with Crippen molar-refractivity contribution in [3.8, 4) is 0 Å². The molecule has 2 aromatic carbocycles. The van der Waals surface area contributed by atoms with Gasteiger partial charge in [-0.2, -0.15) is 8.78 Å². The van der Waals surface area contributed by atoms with Crippen LogP contribution in [0, 0.1) is 11.8 Å². The highest BCUT2D eigenvalue weighted by Gasteiger charge is 2.31. The number of alkyl halides is 2. The Morgan fingerprint density at radius 2 is 1.26 bits per heavy atom. The molecule has 2 saturated carbocycles. The molecular weight excluding hydrogens is 426 g/mol. The molecule has 0 N–H and O–H groups in total. The second-order valence-electron chi connectivity index (χ2n) is 10.7. The molecule has 0 bridgehead atoms. The van der Waals surface area contributed by atoms with Crippen molar-refractivity contribution in [2.24, 2.45) is 11.8 Å². The quantitative estimate of drug-likeness (QED) is 0.352. The van der Waals surface area contributed by atoms with Crippen LogP contribution in [0.5, 0.6) is 0 Å². The summed E-state index contributed by atoms with van der Waals surface area (Å²) in [6, 6.07) is 15.9. The van der Waals surface area contributed by atoms with E-state index in [2.05, 4.69) is 38.1 Å². The summed E-state index contributed by atoms with van der Waals surface area (Å²) >= 11 is 0. The minimum absolute atomic E-state index is 0.0698. The maximum Gasteiger partial charge on any atom is 0.360 e. The van der Waals surface area contributed by atoms with E-state index in [-0.39, 0.29) is 13.0 Å². The molecule has 2 fully saturated rings. The normalized spacial score (nSPS) is 26.1. The zero-order valence-corrected chi connectivity index (χ0v) is 20.8. The predicted octanol–water partition coefficient (Wildman–Crippen LogP) is 9.18. The molecule has 4 rings (SSSR count). The molecule has 0 unspecified atom stereocenters. The van der Waals surface area contributed by atoms with Crippen LogP contribution in [0.1, 0.15) is 99.3 Å². The van der Waals surface area contributed by atoms with E-state index in [0.717, 1.165) is 11.5 Å². The topological polar surface area (TPSA) is 9.23 Å². The Bertz CT molecular complexity index is 899. The lowest BCUT2D eigenvalue weighted by Crippen LogP contribution is -2.23. The van der Waals surface area contributed by atoms with Gasteiger partial charge in [0.05, 0.1) is 13.0 Å². The van der Waals surface area contributed by atoms with Crippen LogP contribution in [0.3, 0.4) is 0 Å². The monoisotopic (exact) mass is 466 g/mol. The van der Waals surface area contributed by atoms with Gasteiger partial charge in [-0.3, -0.25) is 0 Å². The second-order valence-corrected chi connectivity index (χ2v) is 10.7. The smallest absolute Gasteiger partial charge is 0.315 e. The zero-order valence-electron chi connectivity index (χ0n) is 20.8. The lowest BCUT2D eigenvalue weighted by atomic mass is 9.78. The molecule has 2 aromatic rings. The first-order valence-corrected chi connectivity index (χ1v) is 13.2. The molecule has 0 aromatic heterocycles. The van der Waals surface area contributed by atoms with Crippen LogP contribution in [-0.4, -0.2) is 6.11 Å². The summed E-state index contributed by atoms with van der Waals surface area (Å²) in [5.41, 5.74) is 4.03. The first-order chi connectivity index (χ1) is 16.4. The number of halogens is 2. The fraction of sp³-hybridized carbons (Fsp3) is 0.548. The van der Waals surface area contributed by atoms with E-state index < -0.39 is 6.11 Å². The van der Waals surface area contributed by atoms with Crippen LogP contribution >= 0.6 is 0 Å². The molecular formula is C31H40F2O. The lowest BCUT2D eigenvalue weighted by Gasteiger charge is -2.27. The lowest BCUT2D eigenvalue weighted by molar-refractivity contribution is -0.244. The van der Waals surface area contributed by atoms with Gasteiger partial charge < -0.3 is 4.74 Å². The number of hydrogen-bond acceptors (Lipinski definition) is 1. The van der Waals surface area contributed by atoms with Gasteiger partial charge in [0.1, 0.15) is 0 Å². The Balaban J connectivity index is 1.25. The van der Waals surface area contributed by atoms with Gasteiger partial charge in [-0.1, -0.05) is 80.4 Å². The molecule has 34 heavy (non-hydrogen) atoms. The number of hydrogen-bond donors (Lipinski definition) is 0. The molecule has 0 radical (unpaired) electrons. The van der Waals surface area contributed by atoms with E-state index >= 15 is 0 Å². The van der Waals surface area contributed by atoms with Crippen LogP contribution in [0.15, 0.2) is 60.7 Å². The van der Waals surface area contributed by atoms with Gasteiger partial charge in [-0.05, 0) is 91.4 Å². The number of rotatable bonds is 8. The highest BCUT2D eigenvalue weighted by atomic mass is 19.3. The Kier molecular flexibility index (Phi) is 8.58. The van der Waals surface area contributed by atoms with Crippen molar-refractivity contribution >= 4 is 0 Å². The van der Waals surface area contributed by atoms with Crippen LogP contribution in [0.2, 0.25) is 0 Å². The van der Waals surface area contributed by atoms with Crippen molar-refractivity contribution < 1.29 is 13.5 Å². The summed E-state index contributed by atoms with van der Waals surface area (Å²) < 4.78 is 34.1. The Morgan fingerprint density at radius 1 is 0.765 bits per heavy atom. The molecule has 0 atom stereocenters. The minimum Gasteiger partial charge on any atom is -0.315 e. The summed E-state index contributed by atoms with van der Waals surface area (Å²) in [6.45, 7) is 4.33. The molecule has 2 aliphatic rings. The zero-order chi connectivity index (χ0) is 24.0. The molecule has 0 aliphatic heterocycles. The third-order valence-corrected chi connectivity index (χ3v) is 8.01. The fourth-order valence-electron chi connectivity index (χ4n) is 5.78. The molecule has 0 amide bonds. The molecule has 184 valence electrons. The molecule has 1 nitrogen and oxygen atoms in total. The Labute approximate surface area is 204 Å². The van der Waals surface area contributed by atoms with Crippen LogP contribution < -0.4 is 0 Å². The summed E-state index contributed by atoms with van der Waals surface area (Å²) in [5, 5.41) is 0. The van der Waals surface area contributed by atoms with Crippen molar-refractivity contribution in [1.29, 1.82) is 0 Å². The highest BCUT2D eigenvalue weighted by Crippen LogP contribution is 2.37. The summed E-state index contributed by atoms with van der Waals surface area (Å²) in [4.78, 5) is 0. The minimum atomic E-state index is -3.17. The maximum atomic E-state index is 14.5. The summed E-state index contributed by atoms with van der Waals surface area (Å²) in [5.74, 6) is 2.68. The van der Waals surface area contributed by atoms with Crippen molar-refractivity contribution in [2.75, 3.05) is 0 Å². The van der Waals surface area contributed by atoms with Crippen molar-refractivity contribution in [3.05, 3.63) is 82.9 Å². The van der Waals surface area contributed by atoms with E-state index in [1.165, 1.54) is 62.5 Å². The Morgan fingerprint density at radius 3 is 1.79 bits per heavy atom. The largest absolute Gasteiger partial charge is 0.360 e. The van der Waals surface area contributed by atoms with Gasteiger partial charge >= 0.3 is 6.11 Å². The van der Waals surface area contributed by atoms with Crippen molar-refractivity contribution in [1.82, 2.24) is 0 Å². The van der Waals surface area contributed by atoms with E-state index in [9.17, 15) is 8.78 Å². The molecule has 0 heterocycles. The first kappa shape index (κ1) is 25.1. The van der Waals surface area contributed by atoms with Crippen LogP contribution in [0.4, 0.5) is 8.78 Å². The standard InChI is InChI=1S/C31H40F2O/c1-3-4-24-7-15-28(16-8-24)30-19-11-26(12-20-30)22-34-31(32,33)21-25-9-17-29(18-10-25)27-13-5-23(2)6-14-27/h3-4,9-12,17-20,23-24,27-28H,5-8,13-16,21-22H2,1-2H3/b4-3+. The van der Waals surface area contributed by atoms with Gasteiger partial charge in [-0.15, -0.1) is 0 Å². The molecule has 3 heteroatoms. The van der Waals surface area contributed by atoms with E-state index in [1.807, 2.05) is 36.4 Å². The highest BCUT2D eigenvalue weighted by molar-refractivity contribution is 5.27. The van der Waals surface area contributed by atoms with Gasteiger partial charge in [-0.25, -0.2) is 0 Å². The maximum absolute atomic E-state index is 14.5. The second kappa shape index (κ2) is 11.6. The SMILES string of the molecule is C/C=C/C1CCC(c2ccc(COC(F)(F)Cc3ccc(C4CCC(C)CC4)cc3)cc2)CC1. The summed E-state index contributed by atoms with van der Waals surface area (Å²) in [7, 11) is 0. The van der Waals surface area contributed by atoms with Gasteiger partial charge in [0.15, 0.2) is 0 Å². The average molecular weight is 467 g/mol. The van der Waals surface area contributed by atoms with E-state index in [0.29, 0.717) is 23.3 Å². The van der Waals surface area contributed by atoms with Crippen molar-refractivity contribution in [2.45, 2.75) is 96.2 Å². The molecule has 0 spiro atoms. The number of allylic oxidation sites excluding steroid dienone is 2. The predicted molar refractivity (Wildman–Crippen MR) is 136 cm³/mol. The van der Waals surface area contributed by atoms with E-state index in [1.54, 1.807) is 0 Å². The first-order valence-electron chi connectivity index (χ1n) is 13.2. The third-order valence-electron chi connectivity index (χ3n) is 8.01. The van der Waals surface area contributed by atoms with Crippen molar-refractivity contribution in [3.63, 3.8) is 0 Å². The van der Waals surface area contributed by atoms with Gasteiger partial charge in [0.2, 0.25) is 0 Å². The molecule has 2 aliphatic carbocycles. The number of ether oxygens (including phenoxy) is 1. The van der Waals surface area contributed by atoms with Crippen LogP contribution in [-0.2, 0) is 17.8 Å². The third kappa shape index (κ3) is 7.01. The fourth-order valence-corrected chi connectivity index (χ4v) is 5.78. The molecule has 0 saturated heterocycles. The average Bonchev–Trinajstić information content (AvgIpc) is 2.85.